The number of nitrogens with one attached hydrogen (secondary N) is 1. The van der Waals surface area contributed by atoms with Gasteiger partial charge >= 0.3 is 6.36 Å². The highest BCUT2D eigenvalue weighted by Crippen LogP contribution is 2.33. The number of fused-ring (bicyclic) bond motifs is 1. The molecule has 1 atom stereocenters. The summed E-state index contributed by atoms with van der Waals surface area (Å²) in [6, 6.07) is 9.08. The van der Waals surface area contributed by atoms with Gasteiger partial charge in [-0.1, -0.05) is 11.6 Å². The van der Waals surface area contributed by atoms with E-state index in [1.807, 2.05) is 17.0 Å². The topological polar surface area (TPSA) is 76.4 Å². The summed E-state index contributed by atoms with van der Waals surface area (Å²) in [6.45, 7) is 1.28. The third kappa shape index (κ3) is 4.04. The zero-order chi connectivity index (χ0) is 19.9. The number of nitrogen functional groups attached to an aromatic ring is 1. The van der Waals surface area contributed by atoms with Crippen molar-refractivity contribution in [3.8, 4) is 11.5 Å². The van der Waals surface area contributed by atoms with Gasteiger partial charge in [0, 0.05) is 24.7 Å². The number of imidazole rings is 1. The van der Waals surface area contributed by atoms with Crippen molar-refractivity contribution >= 4 is 34.3 Å². The van der Waals surface area contributed by atoms with E-state index in [0.717, 1.165) is 23.5 Å². The van der Waals surface area contributed by atoms with Gasteiger partial charge in [0.1, 0.15) is 17.6 Å². The van der Waals surface area contributed by atoms with Gasteiger partial charge in [-0.2, -0.15) is 0 Å². The van der Waals surface area contributed by atoms with Crippen LogP contribution in [0.25, 0.3) is 11.0 Å². The number of benzene rings is 2. The fourth-order valence-corrected chi connectivity index (χ4v) is 3.35. The second-order valence-electron chi connectivity index (χ2n) is 6.45. The minimum atomic E-state index is -4.77. The maximum Gasteiger partial charge on any atom is 0.573 e. The molecule has 0 bridgehead atoms. The van der Waals surface area contributed by atoms with E-state index in [1.165, 1.54) is 12.1 Å². The zero-order valence-electron chi connectivity index (χ0n) is 14.5. The van der Waals surface area contributed by atoms with E-state index in [2.05, 4.69) is 14.7 Å². The Morgan fingerprint density at radius 1 is 1.21 bits per heavy atom. The van der Waals surface area contributed by atoms with E-state index in [1.54, 1.807) is 6.07 Å². The molecule has 28 heavy (non-hydrogen) atoms. The van der Waals surface area contributed by atoms with Crippen LogP contribution in [0.1, 0.15) is 6.42 Å². The average molecular weight is 413 g/mol. The van der Waals surface area contributed by atoms with E-state index >= 15 is 0 Å². The number of halogens is 4. The number of hydrogen-bond donors (Lipinski definition) is 2. The van der Waals surface area contributed by atoms with Gasteiger partial charge in [-0.3, -0.25) is 0 Å². The van der Waals surface area contributed by atoms with Crippen LogP contribution in [0.3, 0.4) is 0 Å². The Morgan fingerprint density at radius 2 is 2.04 bits per heavy atom. The van der Waals surface area contributed by atoms with Gasteiger partial charge in [0.15, 0.2) is 0 Å². The third-order valence-corrected chi connectivity index (χ3v) is 4.66. The Hall–Kier alpha value is -2.81. The highest BCUT2D eigenvalue weighted by atomic mass is 35.5. The summed E-state index contributed by atoms with van der Waals surface area (Å²) in [7, 11) is 0. The Balaban J connectivity index is 1.43. The molecule has 3 aromatic rings. The quantitative estimate of drug-likeness (QED) is 0.623. The molecule has 6 nitrogen and oxygen atoms in total. The van der Waals surface area contributed by atoms with Crippen LogP contribution in [0.5, 0.6) is 11.5 Å². The molecule has 1 fully saturated rings. The van der Waals surface area contributed by atoms with Crippen LogP contribution >= 0.6 is 11.6 Å². The summed E-state index contributed by atoms with van der Waals surface area (Å²) in [5.41, 5.74) is 8.11. The van der Waals surface area contributed by atoms with Crippen molar-refractivity contribution < 1.29 is 22.6 Å². The van der Waals surface area contributed by atoms with Gasteiger partial charge in [0.2, 0.25) is 5.95 Å². The molecule has 10 heteroatoms. The predicted molar refractivity (Wildman–Crippen MR) is 99.9 cm³/mol. The van der Waals surface area contributed by atoms with Gasteiger partial charge in [-0.05, 0) is 30.3 Å². The van der Waals surface area contributed by atoms with E-state index in [0.29, 0.717) is 30.5 Å². The van der Waals surface area contributed by atoms with Gasteiger partial charge in [-0.15, -0.1) is 13.2 Å². The first-order chi connectivity index (χ1) is 13.3. The van der Waals surface area contributed by atoms with Crippen LogP contribution in [0.15, 0.2) is 36.4 Å². The van der Waals surface area contributed by atoms with Crippen molar-refractivity contribution in [2.45, 2.75) is 18.9 Å². The van der Waals surface area contributed by atoms with Gasteiger partial charge < -0.3 is 25.1 Å². The standard InChI is InChI=1S/C18H16ClF3N4O2/c19-13-8-11(28-18(20,21)22)2-4-16(13)27-12-5-6-26(9-12)17-24-14-3-1-10(23)7-15(14)25-17/h1-4,7-8,12H,5-6,9,23H2,(H,24,25). The largest absolute Gasteiger partial charge is 0.573 e. The average Bonchev–Trinajstić information content (AvgIpc) is 3.22. The summed E-state index contributed by atoms with van der Waals surface area (Å²) in [4.78, 5) is 9.82. The van der Waals surface area contributed by atoms with Crippen molar-refractivity contribution in [2.24, 2.45) is 0 Å². The van der Waals surface area contributed by atoms with Crippen LogP contribution in [-0.2, 0) is 0 Å². The number of H-pyrrole nitrogens is 1. The number of hydrogen-bond acceptors (Lipinski definition) is 5. The van der Waals surface area contributed by atoms with Crippen molar-refractivity contribution in [1.82, 2.24) is 9.97 Å². The maximum atomic E-state index is 12.3. The molecule has 2 aromatic carbocycles. The number of nitrogens with two attached hydrogens (primary N) is 1. The normalized spacial score (nSPS) is 17.3. The monoisotopic (exact) mass is 412 g/mol. The molecular formula is C18H16ClF3N4O2. The lowest BCUT2D eigenvalue weighted by atomic mass is 10.3. The van der Waals surface area contributed by atoms with Crippen LogP contribution in [0, 0.1) is 0 Å². The first-order valence-electron chi connectivity index (χ1n) is 8.49. The van der Waals surface area contributed by atoms with Gasteiger partial charge in [0.25, 0.3) is 0 Å². The highest BCUT2D eigenvalue weighted by Gasteiger charge is 2.31. The molecule has 1 aliphatic heterocycles. The summed E-state index contributed by atoms with van der Waals surface area (Å²) in [5, 5.41) is 0.0550. The molecule has 0 spiro atoms. The predicted octanol–water partition coefficient (Wildman–Crippen LogP) is 4.35. The van der Waals surface area contributed by atoms with Gasteiger partial charge in [-0.25, -0.2) is 4.98 Å². The maximum absolute atomic E-state index is 12.3. The first-order valence-corrected chi connectivity index (χ1v) is 8.87. The number of aromatic amines is 1. The van der Waals surface area contributed by atoms with Crippen molar-refractivity contribution in [3.63, 3.8) is 0 Å². The zero-order valence-corrected chi connectivity index (χ0v) is 15.2. The molecule has 1 aromatic heterocycles. The van der Waals surface area contributed by atoms with Crippen molar-refractivity contribution in [1.29, 1.82) is 0 Å². The molecule has 3 N–H and O–H groups in total. The molecule has 2 heterocycles. The number of nitrogens with zero attached hydrogens (tertiary/aromatic N) is 2. The summed E-state index contributed by atoms with van der Waals surface area (Å²) >= 11 is 6.04. The molecule has 0 aliphatic carbocycles. The third-order valence-electron chi connectivity index (χ3n) is 4.37. The number of alkyl halides is 3. The molecule has 4 rings (SSSR count). The highest BCUT2D eigenvalue weighted by molar-refractivity contribution is 6.32. The summed E-state index contributed by atoms with van der Waals surface area (Å²) in [6.07, 6.45) is -4.23. The fraction of sp³-hybridized carbons (Fsp3) is 0.278. The Kier molecular flexibility index (Phi) is 4.62. The van der Waals surface area contributed by atoms with Crippen molar-refractivity contribution in [3.05, 3.63) is 41.4 Å². The number of anilines is 2. The number of rotatable bonds is 4. The molecule has 148 valence electrons. The lowest BCUT2D eigenvalue weighted by Crippen LogP contribution is -2.25. The molecule has 0 radical (unpaired) electrons. The number of ether oxygens (including phenoxy) is 2. The summed E-state index contributed by atoms with van der Waals surface area (Å²) < 4.78 is 46.6. The SMILES string of the molecule is Nc1ccc2nc(N3CCC(Oc4ccc(OC(F)(F)F)cc4Cl)C3)[nH]c2c1. The molecular weight excluding hydrogens is 397 g/mol. The van der Waals surface area contributed by atoms with Crippen LogP contribution in [0.2, 0.25) is 5.02 Å². The molecule has 0 amide bonds. The number of aromatic nitrogens is 2. The Labute approximate surface area is 163 Å². The van der Waals surface area contributed by atoms with E-state index in [-0.39, 0.29) is 16.9 Å². The molecule has 0 saturated carbocycles. The second kappa shape index (κ2) is 6.97. The van der Waals surface area contributed by atoms with Crippen LogP contribution < -0.4 is 20.1 Å². The smallest absolute Gasteiger partial charge is 0.487 e. The van der Waals surface area contributed by atoms with Crippen LogP contribution in [-0.4, -0.2) is 35.5 Å². The van der Waals surface area contributed by atoms with Gasteiger partial charge in [0.05, 0.1) is 22.6 Å². The van der Waals surface area contributed by atoms with E-state index in [4.69, 9.17) is 22.1 Å². The minimum absolute atomic E-state index is 0.0550. The van der Waals surface area contributed by atoms with E-state index in [9.17, 15) is 13.2 Å². The molecule has 1 aliphatic rings. The Morgan fingerprint density at radius 3 is 2.79 bits per heavy atom. The lowest BCUT2D eigenvalue weighted by Gasteiger charge is -2.17. The first kappa shape index (κ1) is 18.5. The molecule has 1 saturated heterocycles. The van der Waals surface area contributed by atoms with Crippen LogP contribution in [0.4, 0.5) is 24.8 Å². The Bertz CT molecular complexity index is 1010. The fourth-order valence-electron chi connectivity index (χ4n) is 3.13. The lowest BCUT2D eigenvalue weighted by molar-refractivity contribution is -0.274. The van der Waals surface area contributed by atoms with Crippen molar-refractivity contribution in [2.75, 3.05) is 23.7 Å². The minimum Gasteiger partial charge on any atom is -0.487 e. The summed E-state index contributed by atoms with van der Waals surface area (Å²) in [5.74, 6) is 0.631. The molecule has 1 unspecified atom stereocenters. The van der Waals surface area contributed by atoms with E-state index < -0.39 is 6.36 Å². The second-order valence-corrected chi connectivity index (χ2v) is 6.86.